The highest BCUT2D eigenvalue weighted by Gasteiger charge is 2.53. The van der Waals surface area contributed by atoms with Crippen molar-refractivity contribution in [3.05, 3.63) is 90.0 Å². The fraction of sp³-hybridized carbons (Fsp3) is 0.355. The number of carbonyl (C=O) groups excluding carboxylic acids is 2. The molecule has 2 amide bonds. The molecule has 0 saturated carbocycles. The summed E-state index contributed by atoms with van der Waals surface area (Å²) in [7, 11) is 1.58. The number of rotatable bonds is 7. The second-order valence-electron chi connectivity index (χ2n) is 10.4. The predicted molar refractivity (Wildman–Crippen MR) is 149 cm³/mol. The van der Waals surface area contributed by atoms with Crippen molar-refractivity contribution in [1.82, 2.24) is 14.7 Å². The van der Waals surface area contributed by atoms with Crippen molar-refractivity contribution in [1.29, 1.82) is 0 Å². The van der Waals surface area contributed by atoms with Crippen LogP contribution in [0.5, 0.6) is 11.5 Å². The van der Waals surface area contributed by atoms with Gasteiger partial charge in [-0.15, -0.1) is 0 Å². The van der Waals surface area contributed by atoms with Crippen LogP contribution in [0.1, 0.15) is 28.8 Å². The van der Waals surface area contributed by atoms with E-state index in [0.717, 1.165) is 43.7 Å². The van der Waals surface area contributed by atoms with E-state index in [1.54, 1.807) is 24.1 Å². The molecule has 6 rings (SSSR count). The highest BCUT2D eigenvalue weighted by molar-refractivity contribution is 5.98. The smallest absolute Gasteiger partial charge is 0.260 e. The van der Waals surface area contributed by atoms with Gasteiger partial charge in [0, 0.05) is 38.4 Å². The van der Waals surface area contributed by atoms with Gasteiger partial charge in [-0.2, -0.15) is 0 Å². The van der Waals surface area contributed by atoms with E-state index in [0.29, 0.717) is 36.8 Å². The van der Waals surface area contributed by atoms with E-state index < -0.39 is 5.54 Å². The Morgan fingerprint density at radius 2 is 1.56 bits per heavy atom. The number of hydrogen-bond donors (Lipinski definition) is 0. The highest BCUT2D eigenvalue weighted by Crippen LogP contribution is 2.40. The van der Waals surface area contributed by atoms with Gasteiger partial charge in [0.1, 0.15) is 5.54 Å². The number of fused-ring (bicyclic) bond motifs is 1. The van der Waals surface area contributed by atoms with Gasteiger partial charge >= 0.3 is 0 Å². The van der Waals surface area contributed by atoms with Crippen LogP contribution in [-0.4, -0.2) is 78.7 Å². The number of carbonyl (C=O) groups is 2. The third kappa shape index (κ3) is 4.69. The van der Waals surface area contributed by atoms with Crippen molar-refractivity contribution in [3.63, 3.8) is 0 Å². The Hall–Kier alpha value is -4.04. The molecular weight excluding hydrogens is 492 g/mol. The van der Waals surface area contributed by atoms with Crippen LogP contribution in [0.15, 0.2) is 78.9 Å². The van der Waals surface area contributed by atoms with E-state index in [2.05, 4.69) is 34.1 Å². The molecule has 39 heavy (non-hydrogen) atoms. The minimum absolute atomic E-state index is 0.0404. The van der Waals surface area contributed by atoms with E-state index in [9.17, 15) is 9.59 Å². The third-order valence-corrected chi connectivity index (χ3v) is 8.25. The molecular formula is C31H34N4O4. The molecule has 3 aromatic rings. The Kier molecular flexibility index (Phi) is 6.87. The molecule has 0 unspecified atom stereocenters. The maximum absolute atomic E-state index is 14.0. The molecule has 0 aliphatic carbocycles. The lowest BCUT2D eigenvalue weighted by molar-refractivity contribution is -0.134. The van der Waals surface area contributed by atoms with Crippen molar-refractivity contribution in [3.8, 4) is 11.5 Å². The lowest BCUT2D eigenvalue weighted by atomic mass is 9.85. The van der Waals surface area contributed by atoms with Crippen molar-refractivity contribution >= 4 is 17.5 Å². The van der Waals surface area contributed by atoms with Gasteiger partial charge in [0.05, 0.1) is 19.3 Å². The Balaban J connectivity index is 1.13. The minimum Gasteiger partial charge on any atom is -0.493 e. The third-order valence-electron chi connectivity index (χ3n) is 8.25. The zero-order valence-electron chi connectivity index (χ0n) is 22.3. The van der Waals surface area contributed by atoms with Gasteiger partial charge in [-0.25, -0.2) is 0 Å². The second kappa shape index (κ2) is 10.6. The average molecular weight is 527 g/mol. The summed E-state index contributed by atoms with van der Waals surface area (Å²) < 4.78 is 11.2. The first-order valence-electron chi connectivity index (χ1n) is 13.6. The largest absolute Gasteiger partial charge is 0.493 e. The van der Waals surface area contributed by atoms with Gasteiger partial charge in [0.25, 0.3) is 5.91 Å². The second-order valence-corrected chi connectivity index (χ2v) is 10.4. The number of para-hydroxylation sites is 2. The van der Waals surface area contributed by atoms with Gasteiger partial charge in [-0.3, -0.25) is 9.59 Å². The Labute approximate surface area is 229 Å². The number of piperidine rings is 1. The average Bonchev–Trinajstić information content (AvgIpc) is 3.24. The van der Waals surface area contributed by atoms with E-state index in [1.807, 2.05) is 47.4 Å². The van der Waals surface area contributed by atoms with Crippen LogP contribution in [0.4, 0.5) is 5.69 Å². The number of methoxy groups -OCH3 is 1. The number of ether oxygens (including phenoxy) is 2. The monoisotopic (exact) mass is 526 g/mol. The van der Waals surface area contributed by atoms with Crippen LogP contribution in [0, 0.1) is 0 Å². The molecule has 2 fully saturated rings. The fourth-order valence-corrected chi connectivity index (χ4v) is 6.07. The van der Waals surface area contributed by atoms with Crippen LogP contribution >= 0.6 is 0 Å². The summed E-state index contributed by atoms with van der Waals surface area (Å²) in [5, 5.41) is 0. The standard InChI is InChI=1S/C31H34N4O4/c1-38-27-14-8-13-26-28(27)39-23-33(29(26)36)20-19-32-17-15-31(16-18-32)30(37)34(21-24-9-4-2-5-10-24)22-35(31)25-11-6-3-7-12-25/h2-14H,15-23H2,1H3. The lowest BCUT2D eigenvalue weighted by Gasteiger charge is -2.43. The summed E-state index contributed by atoms with van der Waals surface area (Å²) in [5.74, 6) is 1.26. The van der Waals surface area contributed by atoms with E-state index >= 15 is 0 Å². The van der Waals surface area contributed by atoms with Gasteiger partial charge < -0.3 is 29.1 Å². The van der Waals surface area contributed by atoms with Gasteiger partial charge in [-0.05, 0) is 42.7 Å². The van der Waals surface area contributed by atoms with Crippen LogP contribution in [0.3, 0.4) is 0 Å². The predicted octanol–water partition coefficient (Wildman–Crippen LogP) is 3.83. The van der Waals surface area contributed by atoms with Gasteiger partial charge in [0.2, 0.25) is 5.91 Å². The first-order valence-corrected chi connectivity index (χ1v) is 13.6. The number of nitrogens with zero attached hydrogens (tertiary/aromatic N) is 4. The first-order chi connectivity index (χ1) is 19.1. The maximum atomic E-state index is 14.0. The Morgan fingerprint density at radius 3 is 2.28 bits per heavy atom. The highest BCUT2D eigenvalue weighted by atomic mass is 16.5. The molecule has 8 nitrogen and oxygen atoms in total. The van der Waals surface area contributed by atoms with Crippen LogP contribution in [0.25, 0.3) is 0 Å². The number of amides is 2. The molecule has 3 heterocycles. The normalized spacial score (nSPS) is 18.8. The molecule has 3 aliphatic heterocycles. The maximum Gasteiger partial charge on any atom is 0.260 e. The summed E-state index contributed by atoms with van der Waals surface area (Å²) in [6, 6.07) is 25.9. The number of likely N-dealkylation sites (tertiary alicyclic amines) is 1. The Morgan fingerprint density at radius 1 is 0.846 bits per heavy atom. The molecule has 202 valence electrons. The van der Waals surface area contributed by atoms with E-state index in [-0.39, 0.29) is 18.5 Å². The zero-order valence-corrected chi connectivity index (χ0v) is 22.3. The Bertz CT molecular complexity index is 1320. The number of anilines is 1. The lowest BCUT2D eigenvalue weighted by Crippen LogP contribution is -2.57. The molecule has 3 aromatic carbocycles. The number of hydrogen-bond acceptors (Lipinski definition) is 6. The van der Waals surface area contributed by atoms with Crippen molar-refractivity contribution in [2.24, 2.45) is 0 Å². The van der Waals surface area contributed by atoms with Crippen molar-refractivity contribution in [2.45, 2.75) is 24.9 Å². The molecule has 0 aromatic heterocycles. The SMILES string of the molecule is COc1cccc2c1OCN(CCN1CCC3(CC1)C(=O)N(Cc1ccccc1)CN3c1ccccc1)C2=O. The van der Waals surface area contributed by atoms with Gasteiger partial charge in [0.15, 0.2) is 18.2 Å². The summed E-state index contributed by atoms with van der Waals surface area (Å²) in [6.45, 7) is 4.29. The fourth-order valence-electron chi connectivity index (χ4n) is 6.07. The topological polar surface area (TPSA) is 65.6 Å². The van der Waals surface area contributed by atoms with Gasteiger partial charge in [-0.1, -0.05) is 54.6 Å². The molecule has 0 N–H and O–H groups in total. The van der Waals surface area contributed by atoms with Crippen LogP contribution in [-0.2, 0) is 11.3 Å². The summed E-state index contributed by atoms with van der Waals surface area (Å²) in [6.07, 6.45) is 1.49. The number of benzene rings is 3. The molecule has 0 radical (unpaired) electrons. The van der Waals surface area contributed by atoms with Crippen LogP contribution < -0.4 is 14.4 Å². The van der Waals surface area contributed by atoms with E-state index in [4.69, 9.17) is 9.47 Å². The molecule has 0 atom stereocenters. The minimum atomic E-state index is -0.549. The molecule has 0 bridgehead atoms. The summed E-state index contributed by atoms with van der Waals surface area (Å²) >= 11 is 0. The van der Waals surface area contributed by atoms with Crippen LogP contribution in [0.2, 0.25) is 0 Å². The summed E-state index contributed by atoms with van der Waals surface area (Å²) in [4.78, 5) is 35.5. The van der Waals surface area contributed by atoms with Crippen molar-refractivity contribution in [2.75, 3.05) is 51.6 Å². The first kappa shape index (κ1) is 25.2. The molecule has 8 heteroatoms. The molecule has 2 saturated heterocycles. The van der Waals surface area contributed by atoms with Crippen molar-refractivity contribution < 1.29 is 19.1 Å². The molecule has 1 spiro atoms. The van der Waals surface area contributed by atoms with E-state index in [1.165, 1.54) is 0 Å². The molecule has 3 aliphatic rings. The quantitative estimate of drug-likeness (QED) is 0.466. The zero-order chi connectivity index (χ0) is 26.8. The summed E-state index contributed by atoms with van der Waals surface area (Å²) in [5.41, 5.74) is 2.21.